The van der Waals surface area contributed by atoms with Crippen molar-refractivity contribution in [1.82, 2.24) is 0 Å². The van der Waals surface area contributed by atoms with Gasteiger partial charge in [-0.05, 0) is 24.1 Å². The Hall–Kier alpha value is -0.580. The Kier molecular flexibility index (Phi) is 3.52. The van der Waals surface area contributed by atoms with E-state index in [1.54, 1.807) is 18.2 Å². The summed E-state index contributed by atoms with van der Waals surface area (Å²) >= 11 is 9.21. The van der Waals surface area contributed by atoms with Crippen LogP contribution in [-0.4, -0.2) is 17.7 Å². The number of hydrogen-bond donors (Lipinski definition) is 1. The predicted octanol–water partition coefficient (Wildman–Crippen LogP) is 3.26. The van der Waals surface area contributed by atoms with Crippen molar-refractivity contribution in [3.63, 3.8) is 0 Å². The van der Waals surface area contributed by atoms with Gasteiger partial charge in [0.05, 0.1) is 12.0 Å². The minimum atomic E-state index is -0.815. The first-order valence-electron chi connectivity index (χ1n) is 4.89. The van der Waals surface area contributed by atoms with Crippen LogP contribution >= 0.6 is 27.5 Å². The Morgan fingerprint density at radius 3 is 2.94 bits per heavy atom. The third-order valence-electron chi connectivity index (χ3n) is 2.68. The van der Waals surface area contributed by atoms with E-state index in [2.05, 4.69) is 15.9 Å². The molecule has 1 aliphatic rings. The lowest BCUT2D eigenvalue weighted by molar-refractivity contribution is -0.143. The fourth-order valence-corrected chi connectivity index (χ4v) is 2.79. The van der Waals surface area contributed by atoms with Gasteiger partial charge in [0.15, 0.2) is 0 Å². The van der Waals surface area contributed by atoms with E-state index in [1.807, 2.05) is 0 Å². The van der Waals surface area contributed by atoms with Gasteiger partial charge in [0.25, 0.3) is 0 Å². The Labute approximate surface area is 106 Å². The lowest BCUT2D eigenvalue weighted by Gasteiger charge is -2.16. The number of carboxylic acid groups (broad SMARTS) is 1. The van der Waals surface area contributed by atoms with Crippen molar-refractivity contribution in [3.05, 3.63) is 33.3 Å². The quantitative estimate of drug-likeness (QED) is 0.912. The molecule has 1 aliphatic heterocycles. The Morgan fingerprint density at radius 1 is 1.56 bits per heavy atom. The fraction of sp³-hybridized carbons (Fsp3) is 0.364. The second kappa shape index (κ2) is 4.73. The standard InChI is InChI=1S/C11H10BrClO3/c12-9-5-6(13)1-2-7(9)10-8(11(14)15)3-4-16-10/h1-2,5,8,10H,3-4H2,(H,14,15). The molecule has 0 aliphatic carbocycles. The van der Waals surface area contributed by atoms with E-state index in [0.29, 0.717) is 18.1 Å². The minimum absolute atomic E-state index is 0.385. The SMILES string of the molecule is O=C(O)C1CCOC1c1ccc(Cl)cc1Br. The number of halogens is 2. The zero-order valence-corrected chi connectivity index (χ0v) is 10.7. The Morgan fingerprint density at radius 2 is 2.31 bits per heavy atom. The number of carboxylic acids is 1. The fourth-order valence-electron chi connectivity index (χ4n) is 1.88. The molecule has 2 rings (SSSR count). The summed E-state index contributed by atoms with van der Waals surface area (Å²) in [6.07, 6.45) is 0.166. The summed E-state index contributed by atoms with van der Waals surface area (Å²) < 4.78 is 6.27. The van der Waals surface area contributed by atoms with Crippen LogP contribution in [0.2, 0.25) is 5.02 Å². The van der Waals surface area contributed by atoms with Gasteiger partial charge in [0.2, 0.25) is 0 Å². The minimum Gasteiger partial charge on any atom is -0.481 e. The monoisotopic (exact) mass is 304 g/mol. The first-order valence-corrected chi connectivity index (χ1v) is 6.06. The summed E-state index contributed by atoms with van der Waals surface area (Å²) in [7, 11) is 0. The van der Waals surface area contributed by atoms with Crippen LogP contribution in [0.3, 0.4) is 0 Å². The summed E-state index contributed by atoms with van der Waals surface area (Å²) in [5.74, 6) is -1.29. The van der Waals surface area contributed by atoms with E-state index < -0.39 is 11.9 Å². The summed E-state index contributed by atoms with van der Waals surface area (Å²) in [4.78, 5) is 11.0. The number of aliphatic carboxylic acids is 1. The summed E-state index contributed by atoms with van der Waals surface area (Å²) in [5, 5.41) is 9.68. The van der Waals surface area contributed by atoms with Crippen LogP contribution in [0.4, 0.5) is 0 Å². The highest BCUT2D eigenvalue weighted by molar-refractivity contribution is 9.10. The maximum atomic E-state index is 11.0. The van der Waals surface area contributed by atoms with Crippen molar-refractivity contribution in [2.24, 2.45) is 5.92 Å². The molecule has 1 aromatic carbocycles. The van der Waals surface area contributed by atoms with Gasteiger partial charge in [-0.25, -0.2) is 0 Å². The van der Waals surface area contributed by atoms with Crippen molar-refractivity contribution in [2.45, 2.75) is 12.5 Å². The number of carbonyl (C=O) groups is 1. The summed E-state index contributed by atoms with van der Waals surface area (Å²) in [5.41, 5.74) is 0.842. The molecule has 1 aromatic rings. The second-order valence-corrected chi connectivity index (χ2v) is 4.98. The average Bonchev–Trinajstić information content (AvgIpc) is 2.66. The number of rotatable bonds is 2. The van der Waals surface area contributed by atoms with Crippen LogP contribution in [0.1, 0.15) is 18.1 Å². The topological polar surface area (TPSA) is 46.5 Å². The third-order valence-corrected chi connectivity index (χ3v) is 3.60. The van der Waals surface area contributed by atoms with E-state index in [1.165, 1.54) is 0 Å². The Bertz CT molecular complexity index is 422. The van der Waals surface area contributed by atoms with E-state index >= 15 is 0 Å². The molecule has 0 saturated carbocycles. The molecule has 0 bridgehead atoms. The molecule has 86 valence electrons. The molecule has 1 heterocycles. The van der Waals surface area contributed by atoms with Crippen LogP contribution in [0.15, 0.2) is 22.7 Å². The molecule has 5 heteroatoms. The number of benzene rings is 1. The molecule has 1 saturated heterocycles. The van der Waals surface area contributed by atoms with Crippen molar-refractivity contribution in [3.8, 4) is 0 Å². The zero-order valence-electron chi connectivity index (χ0n) is 8.32. The molecule has 3 nitrogen and oxygen atoms in total. The number of ether oxygens (including phenoxy) is 1. The summed E-state index contributed by atoms with van der Waals surface area (Å²) in [6, 6.07) is 5.29. The normalized spacial score (nSPS) is 24.6. The molecule has 16 heavy (non-hydrogen) atoms. The van der Waals surface area contributed by atoms with Gasteiger partial charge >= 0.3 is 5.97 Å². The van der Waals surface area contributed by atoms with Crippen molar-refractivity contribution in [1.29, 1.82) is 0 Å². The Balaban J connectivity index is 2.32. The van der Waals surface area contributed by atoms with Crippen molar-refractivity contribution < 1.29 is 14.6 Å². The molecular formula is C11H10BrClO3. The van der Waals surface area contributed by atoms with Crippen molar-refractivity contribution in [2.75, 3.05) is 6.61 Å². The smallest absolute Gasteiger partial charge is 0.309 e. The van der Waals surface area contributed by atoms with E-state index in [4.69, 9.17) is 21.4 Å². The highest BCUT2D eigenvalue weighted by Gasteiger charge is 2.36. The lowest BCUT2D eigenvalue weighted by Crippen LogP contribution is -2.17. The van der Waals surface area contributed by atoms with E-state index in [0.717, 1.165) is 10.0 Å². The van der Waals surface area contributed by atoms with E-state index in [9.17, 15) is 4.79 Å². The maximum Gasteiger partial charge on any atom is 0.309 e. The molecule has 0 amide bonds. The van der Waals surface area contributed by atoms with Gasteiger partial charge in [-0.1, -0.05) is 33.6 Å². The first-order chi connectivity index (χ1) is 7.59. The molecule has 0 radical (unpaired) electrons. The van der Waals surface area contributed by atoms with Crippen LogP contribution in [0.5, 0.6) is 0 Å². The zero-order chi connectivity index (χ0) is 11.7. The van der Waals surface area contributed by atoms with Gasteiger partial charge in [-0.2, -0.15) is 0 Å². The molecule has 2 unspecified atom stereocenters. The summed E-state index contributed by atoms with van der Waals surface area (Å²) in [6.45, 7) is 0.483. The molecule has 1 N–H and O–H groups in total. The molecule has 2 atom stereocenters. The van der Waals surface area contributed by atoms with E-state index in [-0.39, 0.29) is 6.10 Å². The van der Waals surface area contributed by atoms with Crippen LogP contribution in [0.25, 0.3) is 0 Å². The molecule has 0 aromatic heterocycles. The molecule has 0 spiro atoms. The average molecular weight is 306 g/mol. The van der Waals surface area contributed by atoms with Gasteiger partial charge < -0.3 is 9.84 Å². The largest absolute Gasteiger partial charge is 0.481 e. The highest BCUT2D eigenvalue weighted by atomic mass is 79.9. The van der Waals surface area contributed by atoms with Gasteiger partial charge in [0.1, 0.15) is 0 Å². The third kappa shape index (κ3) is 2.24. The van der Waals surface area contributed by atoms with Gasteiger partial charge in [-0.3, -0.25) is 4.79 Å². The van der Waals surface area contributed by atoms with Gasteiger partial charge in [0, 0.05) is 16.1 Å². The predicted molar refractivity (Wildman–Crippen MR) is 63.6 cm³/mol. The highest BCUT2D eigenvalue weighted by Crippen LogP contribution is 2.38. The molecular weight excluding hydrogens is 295 g/mol. The second-order valence-electron chi connectivity index (χ2n) is 3.69. The van der Waals surface area contributed by atoms with Crippen LogP contribution in [-0.2, 0) is 9.53 Å². The van der Waals surface area contributed by atoms with Gasteiger partial charge in [-0.15, -0.1) is 0 Å². The van der Waals surface area contributed by atoms with Crippen LogP contribution < -0.4 is 0 Å². The number of hydrogen-bond acceptors (Lipinski definition) is 2. The maximum absolute atomic E-state index is 11.0. The van der Waals surface area contributed by atoms with Crippen molar-refractivity contribution >= 4 is 33.5 Å². The molecule has 1 fully saturated rings. The lowest BCUT2D eigenvalue weighted by atomic mass is 9.96. The van der Waals surface area contributed by atoms with Crippen LogP contribution in [0, 0.1) is 5.92 Å². The first kappa shape index (κ1) is 11.9.